The van der Waals surface area contributed by atoms with Crippen LogP contribution in [0.1, 0.15) is 25.8 Å². The number of hydrogen-bond donors (Lipinski definition) is 1. The van der Waals surface area contributed by atoms with Crippen LogP contribution in [0.3, 0.4) is 0 Å². The number of nitrogens with one attached hydrogen (secondary N) is 1. The summed E-state index contributed by atoms with van der Waals surface area (Å²) >= 11 is 4.95. The monoisotopic (exact) mass is 181 g/mol. The second-order valence-corrected chi connectivity index (χ2v) is 3.93. The number of aromatic amines is 1. The maximum atomic E-state index is 4.95. The molecule has 1 aromatic heterocycles. The van der Waals surface area contributed by atoms with Gasteiger partial charge in [-0.05, 0) is 30.4 Å². The van der Waals surface area contributed by atoms with Crippen LogP contribution in [0, 0.1) is 10.6 Å². The van der Waals surface area contributed by atoms with Crippen molar-refractivity contribution >= 4 is 12.2 Å². The van der Waals surface area contributed by atoms with Crippen molar-refractivity contribution in [3.05, 3.63) is 28.5 Å². The van der Waals surface area contributed by atoms with E-state index in [2.05, 4.69) is 24.9 Å². The molecule has 0 fully saturated rings. The molecule has 1 aromatic rings. The van der Waals surface area contributed by atoms with E-state index in [1.54, 1.807) is 0 Å². The van der Waals surface area contributed by atoms with Crippen LogP contribution in [0.4, 0.5) is 0 Å². The molecule has 1 N–H and O–H groups in total. The smallest absolute Gasteiger partial charge is 0.103 e. The lowest BCUT2D eigenvalue weighted by Crippen LogP contribution is -1.92. The minimum atomic E-state index is 0.771. The van der Waals surface area contributed by atoms with Crippen LogP contribution in [0.2, 0.25) is 0 Å². The zero-order valence-electron chi connectivity index (χ0n) is 7.63. The lowest BCUT2D eigenvalue weighted by Gasteiger charge is -2.03. The van der Waals surface area contributed by atoms with Crippen molar-refractivity contribution in [2.45, 2.75) is 26.7 Å². The minimum absolute atomic E-state index is 0.771. The minimum Gasteiger partial charge on any atom is -0.353 e. The molecule has 0 spiro atoms. The third kappa shape index (κ3) is 3.18. The number of aromatic nitrogens is 1. The Kier molecular flexibility index (Phi) is 3.48. The Bertz CT molecular complexity index is 268. The predicted octanol–water partition coefficient (Wildman–Crippen LogP) is 3.33. The summed E-state index contributed by atoms with van der Waals surface area (Å²) in [6, 6.07) is 4.05. The molecule has 1 nitrogen and oxygen atoms in total. The zero-order chi connectivity index (χ0) is 8.97. The summed E-state index contributed by atoms with van der Waals surface area (Å²) in [6.45, 7) is 4.48. The molecule has 0 aromatic carbocycles. The van der Waals surface area contributed by atoms with Gasteiger partial charge < -0.3 is 4.98 Å². The molecular weight excluding hydrogens is 166 g/mol. The molecule has 0 bridgehead atoms. The Morgan fingerprint density at radius 2 is 2.17 bits per heavy atom. The van der Waals surface area contributed by atoms with Gasteiger partial charge in [-0.15, -0.1) is 0 Å². The van der Waals surface area contributed by atoms with E-state index in [1.807, 2.05) is 12.3 Å². The van der Waals surface area contributed by atoms with Gasteiger partial charge in [-0.2, -0.15) is 0 Å². The molecule has 0 aliphatic rings. The van der Waals surface area contributed by atoms with Crippen molar-refractivity contribution in [3.8, 4) is 0 Å². The fourth-order valence-corrected chi connectivity index (χ4v) is 1.18. The molecule has 0 saturated heterocycles. The summed E-state index contributed by atoms with van der Waals surface area (Å²) in [7, 11) is 0. The van der Waals surface area contributed by atoms with E-state index in [1.165, 1.54) is 12.0 Å². The quantitative estimate of drug-likeness (QED) is 0.707. The Balaban J connectivity index is 2.53. The average Bonchev–Trinajstić information content (AvgIpc) is 2.03. The number of pyridine rings is 1. The summed E-state index contributed by atoms with van der Waals surface area (Å²) in [6.07, 6.45) is 4.39. The maximum absolute atomic E-state index is 4.95. The Morgan fingerprint density at radius 1 is 1.42 bits per heavy atom. The molecule has 1 heterocycles. The second kappa shape index (κ2) is 4.41. The van der Waals surface area contributed by atoms with Gasteiger partial charge in [-0.1, -0.05) is 32.1 Å². The summed E-state index contributed by atoms with van der Waals surface area (Å²) in [5.41, 5.74) is 1.34. The topological polar surface area (TPSA) is 15.8 Å². The fourth-order valence-electron chi connectivity index (χ4n) is 1.05. The van der Waals surface area contributed by atoms with Crippen LogP contribution in [-0.2, 0) is 6.42 Å². The highest BCUT2D eigenvalue weighted by molar-refractivity contribution is 7.71. The lowest BCUT2D eigenvalue weighted by atomic mass is 10.0. The summed E-state index contributed by atoms with van der Waals surface area (Å²) in [5, 5.41) is 0. The molecule has 1 rings (SSSR count). The summed E-state index contributed by atoms with van der Waals surface area (Å²) in [5.74, 6) is 0.771. The van der Waals surface area contributed by atoms with Gasteiger partial charge >= 0.3 is 0 Å². The third-order valence-electron chi connectivity index (χ3n) is 1.86. The van der Waals surface area contributed by atoms with E-state index in [0.29, 0.717) is 0 Å². The molecule has 0 saturated carbocycles. The normalized spacial score (nSPS) is 10.6. The molecule has 0 unspecified atom stereocenters. The number of hydrogen-bond acceptors (Lipinski definition) is 1. The van der Waals surface area contributed by atoms with Crippen LogP contribution >= 0.6 is 12.2 Å². The van der Waals surface area contributed by atoms with E-state index < -0.39 is 0 Å². The Labute approximate surface area is 78.8 Å². The van der Waals surface area contributed by atoms with Gasteiger partial charge in [-0.3, -0.25) is 0 Å². The molecular formula is C10H15NS. The zero-order valence-corrected chi connectivity index (χ0v) is 8.45. The van der Waals surface area contributed by atoms with Gasteiger partial charge in [0.15, 0.2) is 0 Å². The van der Waals surface area contributed by atoms with Crippen LogP contribution in [0.15, 0.2) is 18.3 Å². The molecule has 0 aliphatic carbocycles. The number of H-pyrrole nitrogens is 1. The maximum Gasteiger partial charge on any atom is 0.103 e. The first-order valence-corrected chi connectivity index (χ1v) is 4.77. The number of rotatable bonds is 3. The van der Waals surface area contributed by atoms with Crippen molar-refractivity contribution in [3.63, 3.8) is 0 Å². The highest BCUT2D eigenvalue weighted by Gasteiger charge is 1.95. The molecule has 0 amide bonds. The van der Waals surface area contributed by atoms with Crippen molar-refractivity contribution in [2.75, 3.05) is 0 Å². The largest absolute Gasteiger partial charge is 0.353 e. The molecule has 0 atom stereocenters. The average molecular weight is 181 g/mol. The van der Waals surface area contributed by atoms with E-state index in [0.717, 1.165) is 17.0 Å². The van der Waals surface area contributed by atoms with Crippen molar-refractivity contribution < 1.29 is 0 Å². The van der Waals surface area contributed by atoms with Crippen molar-refractivity contribution in [2.24, 2.45) is 5.92 Å². The van der Waals surface area contributed by atoms with Gasteiger partial charge in [0.25, 0.3) is 0 Å². The van der Waals surface area contributed by atoms with Gasteiger partial charge in [0.05, 0.1) is 0 Å². The van der Waals surface area contributed by atoms with E-state index >= 15 is 0 Å². The molecule has 66 valence electrons. The molecule has 0 aliphatic heterocycles. The predicted molar refractivity (Wildman–Crippen MR) is 54.8 cm³/mol. The Morgan fingerprint density at radius 3 is 2.67 bits per heavy atom. The van der Waals surface area contributed by atoms with Crippen LogP contribution in [-0.4, -0.2) is 4.98 Å². The fraction of sp³-hybridized carbons (Fsp3) is 0.500. The number of aryl methyl sites for hydroxylation is 1. The van der Waals surface area contributed by atoms with E-state index in [4.69, 9.17) is 12.2 Å². The van der Waals surface area contributed by atoms with Crippen LogP contribution < -0.4 is 0 Å². The van der Waals surface area contributed by atoms with Crippen LogP contribution in [0.25, 0.3) is 0 Å². The first-order chi connectivity index (χ1) is 5.68. The summed E-state index contributed by atoms with van der Waals surface area (Å²) < 4.78 is 0.809. The molecule has 2 heteroatoms. The summed E-state index contributed by atoms with van der Waals surface area (Å²) in [4.78, 5) is 3.04. The van der Waals surface area contributed by atoms with Crippen LogP contribution in [0.5, 0.6) is 0 Å². The highest BCUT2D eigenvalue weighted by atomic mass is 32.1. The second-order valence-electron chi connectivity index (χ2n) is 3.49. The standard InChI is InChI=1S/C10H15NS/c1-8(2)3-4-9-5-6-10(12)11-7-9/h5-8H,3-4H2,1-2H3,(H,11,12). The highest BCUT2D eigenvalue weighted by Crippen LogP contribution is 2.07. The Hall–Kier alpha value is -0.630. The van der Waals surface area contributed by atoms with Crippen molar-refractivity contribution in [1.29, 1.82) is 0 Å². The van der Waals surface area contributed by atoms with E-state index in [-0.39, 0.29) is 0 Å². The van der Waals surface area contributed by atoms with Gasteiger partial charge in [0, 0.05) is 6.20 Å². The van der Waals surface area contributed by atoms with E-state index in [9.17, 15) is 0 Å². The van der Waals surface area contributed by atoms with Crippen molar-refractivity contribution in [1.82, 2.24) is 4.98 Å². The first kappa shape index (κ1) is 9.46. The van der Waals surface area contributed by atoms with Gasteiger partial charge in [0.1, 0.15) is 4.64 Å². The lowest BCUT2D eigenvalue weighted by molar-refractivity contribution is 0.586. The van der Waals surface area contributed by atoms with Gasteiger partial charge in [-0.25, -0.2) is 0 Å². The third-order valence-corrected chi connectivity index (χ3v) is 2.11. The SMILES string of the molecule is CC(C)CCc1ccc(=S)[nH]c1. The van der Waals surface area contributed by atoms with Gasteiger partial charge in [0.2, 0.25) is 0 Å². The molecule has 12 heavy (non-hydrogen) atoms. The first-order valence-electron chi connectivity index (χ1n) is 4.36. The molecule has 0 radical (unpaired) electrons.